The first-order chi connectivity index (χ1) is 14.4. The van der Waals surface area contributed by atoms with Crippen LogP contribution >= 0.6 is 15.9 Å². The van der Waals surface area contributed by atoms with Crippen LogP contribution in [0.25, 0.3) is 0 Å². The average molecular weight is 477 g/mol. The van der Waals surface area contributed by atoms with Gasteiger partial charge in [-0.15, -0.1) is 0 Å². The minimum Gasteiger partial charge on any atom is -0.481 e. The number of hydrogen-bond donors (Lipinski definition) is 1. The fraction of sp³-hybridized carbons (Fsp3) is 0.391. The highest BCUT2D eigenvalue weighted by Crippen LogP contribution is 2.20. The van der Waals surface area contributed by atoms with Crippen LogP contribution in [0.3, 0.4) is 0 Å². The largest absolute Gasteiger partial charge is 0.481 e. The lowest BCUT2D eigenvalue weighted by molar-refractivity contribution is -0.142. The molecule has 5 nitrogen and oxygen atoms in total. The molecule has 0 aromatic heterocycles. The first-order valence-electron chi connectivity index (χ1n) is 10.2. The standard InChI is InChI=1S/C23H26BrFN2O3/c1-16(23(29)26-19-9-2-3-10-19)27(14-17-7-6-8-18(24)13-17)22(28)15-30-21-12-5-4-11-20(21)25/h4-8,11-13,16,19H,2-3,9-10,14-15H2,1H3,(H,26,29)/t16-/m0/s1. The zero-order valence-corrected chi connectivity index (χ0v) is 18.5. The normalized spacial score (nSPS) is 14.9. The molecule has 30 heavy (non-hydrogen) atoms. The number of carbonyl (C=O) groups excluding carboxylic acids is 2. The maximum Gasteiger partial charge on any atom is 0.261 e. The van der Waals surface area contributed by atoms with Crippen LogP contribution in [0.5, 0.6) is 5.75 Å². The molecular weight excluding hydrogens is 451 g/mol. The van der Waals surface area contributed by atoms with Crippen LogP contribution in [0, 0.1) is 5.82 Å². The summed E-state index contributed by atoms with van der Waals surface area (Å²) in [5.74, 6) is -1.09. The lowest BCUT2D eigenvalue weighted by Crippen LogP contribution is -2.50. The van der Waals surface area contributed by atoms with Crippen molar-refractivity contribution in [2.45, 2.75) is 51.2 Å². The lowest BCUT2D eigenvalue weighted by atomic mass is 10.1. The quantitative estimate of drug-likeness (QED) is 0.612. The summed E-state index contributed by atoms with van der Waals surface area (Å²) in [4.78, 5) is 27.3. The van der Waals surface area contributed by atoms with Gasteiger partial charge in [0.1, 0.15) is 6.04 Å². The number of amides is 2. The van der Waals surface area contributed by atoms with Crippen LogP contribution in [0.1, 0.15) is 38.2 Å². The van der Waals surface area contributed by atoms with Crippen molar-refractivity contribution < 1.29 is 18.7 Å². The smallest absolute Gasteiger partial charge is 0.261 e. The van der Waals surface area contributed by atoms with Crippen LogP contribution < -0.4 is 10.1 Å². The summed E-state index contributed by atoms with van der Waals surface area (Å²) in [6, 6.07) is 13.0. The molecule has 2 aromatic carbocycles. The second-order valence-electron chi connectivity index (χ2n) is 7.54. The number of rotatable bonds is 8. The number of ether oxygens (including phenoxy) is 1. The molecular formula is C23H26BrFN2O3. The van der Waals surface area contributed by atoms with Crippen molar-refractivity contribution >= 4 is 27.7 Å². The second-order valence-corrected chi connectivity index (χ2v) is 8.45. The predicted octanol–water partition coefficient (Wildman–Crippen LogP) is 4.44. The number of nitrogens with zero attached hydrogens (tertiary/aromatic N) is 1. The van der Waals surface area contributed by atoms with E-state index in [1.54, 1.807) is 19.1 Å². The Morgan fingerprint density at radius 1 is 1.20 bits per heavy atom. The van der Waals surface area contributed by atoms with Crippen molar-refractivity contribution in [2.24, 2.45) is 0 Å². The number of halogens is 2. The summed E-state index contributed by atoms with van der Waals surface area (Å²) in [6.45, 7) is 1.61. The Morgan fingerprint density at radius 2 is 1.93 bits per heavy atom. The first-order valence-corrected chi connectivity index (χ1v) is 10.9. The van der Waals surface area contributed by atoms with Gasteiger partial charge in [-0.25, -0.2) is 4.39 Å². The third kappa shape index (κ3) is 6.05. The molecule has 7 heteroatoms. The van der Waals surface area contributed by atoms with E-state index >= 15 is 0 Å². The highest BCUT2D eigenvalue weighted by Gasteiger charge is 2.28. The number of hydrogen-bond acceptors (Lipinski definition) is 3. The van der Waals surface area contributed by atoms with E-state index in [4.69, 9.17) is 4.74 Å². The third-order valence-electron chi connectivity index (χ3n) is 5.30. The van der Waals surface area contributed by atoms with E-state index in [-0.39, 0.29) is 36.8 Å². The minimum atomic E-state index is -0.679. The fourth-order valence-electron chi connectivity index (χ4n) is 3.59. The molecule has 1 N–H and O–H groups in total. The number of carbonyl (C=O) groups is 2. The van der Waals surface area contributed by atoms with E-state index < -0.39 is 11.9 Å². The molecule has 0 unspecified atom stereocenters. The van der Waals surface area contributed by atoms with E-state index in [1.165, 1.54) is 17.0 Å². The van der Waals surface area contributed by atoms with E-state index in [0.717, 1.165) is 35.7 Å². The van der Waals surface area contributed by atoms with Gasteiger partial charge in [0.25, 0.3) is 5.91 Å². The van der Waals surface area contributed by atoms with Crippen LogP contribution in [0.2, 0.25) is 0 Å². The third-order valence-corrected chi connectivity index (χ3v) is 5.79. The van der Waals surface area contributed by atoms with Gasteiger partial charge in [0, 0.05) is 17.1 Å². The molecule has 2 amide bonds. The van der Waals surface area contributed by atoms with Gasteiger partial charge in [-0.3, -0.25) is 9.59 Å². The average Bonchev–Trinajstić information content (AvgIpc) is 3.24. The molecule has 160 valence electrons. The zero-order chi connectivity index (χ0) is 21.5. The predicted molar refractivity (Wildman–Crippen MR) is 116 cm³/mol. The molecule has 2 aromatic rings. The summed E-state index contributed by atoms with van der Waals surface area (Å²) < 4.78 is 20.1. The maximum atomic E-state index is 13.8. The molecule has 0 aliphatic heterocycles. The molecule has 0 spiro atoms. The Labute approximate surface area is 184 Å². The van der Waals surface area contributed by atoms with Gasteiger partial charge in [-0.1, -0.05) is 53.0 Å². The summed E-state index contributed by atoms with van der Waals surface area (Å²) in [7, 11) is 0. The topological polar surface area (TPSA) is 58.6 Å². The molecule has 1 aliphatic rings. The van der Waals surface area contributed by atoms with Gasteiger partial charge in [-0.2, -0.15) is 0 Å². The molecule has 1 saturated carbocycles. The van der Waals surface area contributed by atoms with Crippen molar-refractivity contribution in [1.29, 1.82) is 0 Å². The Kier molecular flexibility index (Phi) is 7.85. The number of nitrogens with one attached hydrogen (secondary N) is 1. The van der Waals surface area contributed by atoms with Gasteiger partial charge < -0.3 is 15.0 Å². The van der Waals surface area contributed by atoms with E-state index in [9.17, 15) is 14.0 Å². The monoisotopic (exact) mass is 476 g/mol. The van der Waals surface area contributed by atoms with E-state index in [2.05, 4.69) is 21.2 Å². The number of benzene rings is 2. The van der Waals surface area contributed by atoms with Gasteiger partial charge in [0.2, 0.25) is 5.91 Å². The van der Waals surface area contributed by atoms with Gasteiger partial charge in [0.05, 0.1) is 0 Å². The summed E-state index contributed by atoms with van der Waals surface area (Å²) >= 11 is 3.43. The van der Waals surface area contributed by atoms with Crippen LogP contribution in [-0.4, -0.2) is 35.4 Å². The van der Waals surface area contributed by atoms with Crippen LogP contribution in [-0.2, 0) is 16.1 Å². The maximum absolute atomic E-state index is 13.8. The Hall–Kier alpha value is -2.41. The zero-order valence-electron chi connectivity index (χ0n) is 16.9. The summed E-state index contributed by atoms with van der Waals surface area (Å²) in [6.07, 6.45) is 4.15. The first kappa shape index (κ1) is 22.3. The molecule has 0 bridgehead atoms. The molecule has 1 fully saturated rings. The van der Waals surface area contributed by atoms with Crippen molar-refractivity contribution in [3.05, 3.63) is 64.4 Å². The minimum absolute atomic E-state index is 0.0105. The summed E-state index contributed by atoms with van der Waals surface area (Å²) in [5.41, 5.74) is 0.879. The fourth-order valence-corrected chi connectivity index (χ4v) is 4.04. The van der Waals surface area contributed by atoms with Crippen molar-refractivity contribution in [2.75, 3.05) is 6.61 Å². The van der Waals surface area contributed by atoms with Gasteiger partial charge in [-0.05, 0) is 49.6 Å². The number of para-hydroxylation sites is 1. The van der Waals surface area contributed by atoms with Crippen LogP contribution in [0.15, 0.2) is 53.0 Å². The molecule has 0 heterocycles. The van der Waals surface area contributed by atoms with Crippen molar-refractivity contribution in [1.82, 2.24) is 10.2 Å². The van der Waals surface area contributed by atoms with E-state index in [1.807, 2.05) is 24.3 Å². The Morgan fingerprint density at radius 3 is 2.63 bits per heavy atom. The molecule has 3 rings (SSSR count). The Bertz CT molecular complexity index is 886. The lowest BCUT2D eigenvalue weighted by Gasteiger charge is -2.29. The van der Waals surface area contributed by atoms with Crippen LogP contribution in [0.4, 0.5) is 4.39 Å². The molecule has 1 atom stereocenters. The highest BCUT2D eigenvalue weighted by atomic mass is 79.9. The molecule has 1 aliphatic carbocycles. The summed E-state index contributed by atoms with van der Waals surface area (Å²) in [5, 5.41) is 3.05. The highest BCUT2D eigenvalue weighted by molar-refractivity contribution is 9.10. The molecule has 0 radical (unpaired) electrons. The van der Waals surface area contributed by atoms with Crippen molar-refractivity contribution in [3.8, 4) is 5.75 Å². The van der Waals surface area contributed by atoms with Crippen molar-refractivity contribution in [3.63, 3.8) is 0 Å². The van der Waals surface area contributed by atoms with Gasteiger partial charge >= 0.3 is 0 Å². The Balaban J connectivity index is 1.72. The van der Waals surface area contributed by atoms with Gasteiger partial charge in [0.15, 0.2) is 18.2 Å². The second kappa shape index (κ2) is 10.6. The molecule has 0 saturated heterocycles. The van der Waals surface area contributed by atoms with E-state index in [0.29, 0.717) is 0 Å². The SMILES string of the molecule is C[C@@H](C(=O)NC1CCCC1)N(Cc1cccc(Br)c1)C(=O)COc1ccccc1F.